The third-order valence-corrected chi connectivity index (χ3v) is 4.80. The fraction of sp³-hybridized carbons (Fsp3) is 0.174. The predicted octanol–water partition coefficient (Wildman–Crippen LogP) is 3.36. The number of furan rings is 1. The van der Waals surface area contributed by atoms with Gasteiger partial charge in [-0.25, -0.2) is 4.79 Å². The van der Waals surface area contributed by atoms with Crippen LogP contribution >= 0.6 is 0 Å². The molecule has 4 rings (SSSR count). The van der Waals surface area contributed by atoms with Gasteiger partial charge in [0.05, 0.1) is 18.5 Å². The first kappa shape index (κ1) is 21.0. The molecule has 2 heterocycles. The molecule has 164 valence electrons. The van der Waals surface area contributed by atoms with Gasteiger partial charge in [-0.1, -0.05) is 12.1 Å². The number of anilines is 3. The van der Waals surface area contributed by atoms with Crippen LogP contribution in [0.2, 0.25) is 0 Å². The van der Waals surface area contributed by atoms with Crippen molar-refractivity contribution in [3.05, 3.63) is 72.7 Å². The van der Waals surface area contributed by atoms with Crippen LogP contribution in [-0.4, -0.2) is 31.0 Å². The number of urea groups is 1. The van der Waals surface area contributed by atoms with Crippen LogP contribution < -0.4 is 25.6 Å². The van der Waals surface area contributed by atoms with Crippen LogP contribution in [0.25, 0.3) is 0 Å². The van der Waals surface area contributed by atoms with Crippen molar-refractivity contribution in [2.45, 2.75) is 13.0 Å². The number of hydrogen-bond donors (Lipinski definition) is 3. The van der Waals surface area contributed by atoms with Gasteiger partial charge in [0.25, 0.3) is 5.91 Å². The Kier molecular flexibility index (Phi) is 6.35. The van der Waals surface area contributed by atoms with Crippen LogP contribution in [-0.2, 0) is 16.1 Å². The van der Waals surface area contributed by atoms with E-state index < -0.39 is 0 Å². The van der Waals surface area contributed by atoms with Crippen LogP contribution in [0.4, 0.5) is 21.9 Å². The molecule has 0 saturated heterocycles. The molecule has 0 unspecified atom stereocenters. The van der Waals surface area contributed by atoms with Crippen molar-refractivity contribution in [1.82, 2.24) is 5.32 Å². The highest BCUT2D eigenvalue weighted by atomic mass is 16.5. The van der Waals surface area contributed by atoms with Gasteiger partial charge in [0, 0.05) is 24.3 Å². The summed E-state index contributed by atoms with van der Waals surface area (Å²) in [6, 6.07) is 17.1. The number of amides is 4. The maximum atomic E-state index is 12.4. The Morgan fingerprint density at radius 2 is 1.69 bits per heavy atom. The summed E-state index contributed by atoms with van der Waals surface area (Å²) in [5, 5.41) is 8.19. The number of hydrogen-bond acceptors (Lipinski definition) is 5. The first-order valence-corrected chi connectivity index (χ1v) is 10.1. The van der Waals surface area contributed by atoms with Crippen LogP contribution in [0.3, 0.4) is 0 Å². The summed E-state index contributed by atoms with van der Waals surface area (Å²) < 4.78 is 10.6. The van der Waals surface area contributed by atoms with Gasteiger partial charge in [0.2, 0.25) is 5.91 Å². The first-order chi connectivity index (χ1) is 15.6. The van der Waals surface area contributed by atoms with Crippen LogP contribution in [0.5, 0.6) is 5.75 Å². The van der Waals surface area contributed by atoms with E-state index in [1.54, 1.807) is 59.7 Å². The summed E-state index contributed by atoms with van der Waals surface area (Å²) in [4.78, 5) is 38.1. The number of carbonyl (C=O) groups is 3. The van der Waals surface area contributed by atoms with Gasteiger partial charge in [0.1, 0.15) is 11.5 Å². The molecule has 0 bridgehead atoms. The molecule has 1 aliphatic heterocycles. The Morgan fingerprint density at radius 3 is 2.44 bits per heavy atom. The molecule has 2 aromatic carbocycles. The molecule has 0 radical (unpaired) electrons. The molecular weight excluding hydrogens is 412 g/mol. The van der Waals surface area contributed by atoms with Gasteiger partial charge in [-0.3, -0.25) is 9.59 Å². The monoisotopic (exact) mass is 434 g/mol. The number of ether oxygens (including phenoxy) is 1. The number of rotatable bonds is 7. The molecule has 1 aromatic heterocycles. The van der Waals surface area contributed by atoms with Crippen molar-refractivity contribution in [3.63, 3.8) is 0 Å². The van der Waals surface area contributed by atoms with Gasteiger partial charge in [-0.15, -0.1) is 0 Å². The minimum absolute atomic E-state index is 0.0395. The van der Waals surface area contributed by atoms with Crippen molar-refractivity contribution in [2.24, 2.45) is 0 Å². The highest BCUT2D eigenvalue weighted by molar-refractivity contribution is 5.99. The number of fused-ring (bicyclic) bond motifs is 1. The second kappa shape index (κ2) is 9.69. The second-order valence-corrected chi connectivity index (χ2v) is 7.06. The summed E-state index contributed by atoms with van der Waals surface area (Å²) in [5.41, 5.74) is 1.83. The predicted molar refractivity (Wildman–Crippen MR) is 119 cm³/mol. The van der Waals surface area contributed by atoms with Gasteiger partial charge >= 0.3 is 6.03 Å². The van der Waals surface area contributed by atoms with Crippen LogP contribution in [0, 0.1) is 0 Å². The Bertz CT molecular complexity index is 1100. The number of nitrogens with zero attached hydrogens (tertiary/aromatic N) is 1. The molecule has 32 heavy (non-hydrogen) atoms. The molecule has 3 N–H and O–H groups in total. The van der Waals surface area contributed by atoms with E-state index in [-0.39, 0.29) is 44.0 Å². The molecule has 9 nitrogen and oxygen atoms in total. The third kappa shape index (κ3) is 5.25. The lowest BCUT2D eigenvalue weighted by Gasteiger charge is -2.29. The van der Waals surface area contributed by atoms with E-state index in [4.69, 9.17) is 9.15 Å². The van der Waals surface area contributed by atoms with Crippen molar-refractivity contribution < 1.29 is 23.5 Å². The molecular formula is C23H22N4O5. The molecule has 0 spiro atoms. The zero-order valence-electron chi connectivity index (χ0n) is 17.2. The summed E-state index contributed by atoms with van der Waals surface area (Å²) in [6.45, 7) is 0.492. The van der Waals surface area contributed by atoms with E-state index in [0.717, 1.165) is 0 Å². The summed E-state index contributed by atoms with van der Waals surface area (Å²) in [7, 11) is 0. The number of benzene rings is 2. The topological polar surface area (TPSA) is 113 Å². The largest absolute Gasteiger partial charge is 0.482 e. The van der Waals surface area contributed by atoms with Gasteiger partial charge in [-0.2, -0.15) is 0 Å². The lowest BCUT2D eigenvalue weighted by molar-refractivity contribution is -0.121. The first-order valence-electron chi connectivity index (χ1n) is 10.1. The van der Waals surface area contributed by atoms with E-state index in [0.29, 0.717) is 28.6 Å². The van der Waals surface area contributed by atoms with Crippen molar-refractivity contribution >= 4 is 34.9 Å². The normalized spacial score (nSPS) is 12.5. The minimum Gasteiger partial charge on any atom is -0.482 e. The Balaban J connectivity index is 1.25. The highest BCUT2D eigenvalue weighted by Gasteiger charge is 2.25. The van der Waals surface area contributed by atoms with E-state index in [1.807, 2.05) is 12.1 Å². The zero-order valence-corrected chi connectivity index (χ0v) is 17.2. The quantitative estimate of drug-likeness (QED) is 0.528. The maximum Gasteiger partial charge on any atom is 0.319 e. The molecule has 0 saturated carbocycles. The second-order valence-electron chi connectivity index (χ2n) is 7.06. The smallest absolute Gasteiger partial charge is 0.319 e. The zero-order chi connectivity index (χ0) is 22.3. The highest BCUT2D eigenvalue weighted by Crippen LogP contribution is 2.31. The van der Waals surface area contributed by atoms with E-state index in [9.17, 15) is 14.4 Å². The fourth-order valence-electron chi connectivity index (χ4n) is 3.23. The maximum absolute atomic E-state index is 12.4. The lowest BCUT2D eigenvalue weighted by Crippen LogP contribution is -2.40. The summed E-state index contributed by atoms with van der Waals surface area (Å²) in [6.07, 6.45) is 1.68. The molecule has 0 fully saturated rings. The van der Waals surface area contributed by atoms with Crippen LogP contribution in [0.15, 0.2) is 71.3 Å². The van der Waals surface area contributed by atoms with Crippen molar-refractivity contribution in [2.75, 3.05) is 28.7 Å². The fourth-order valence-corrected chi connectivity index (χ4v) is 3.23. The average molecular weight is 434 g/mol. The van der Waals surface area contributed by atoms with Crippen molar-refractivity contribution in [1.29, 1.82) is 0 Å². The SMILES string of the molecule is O=C(CCN1C(=O)COc2ccccc21)Nc1ccc(NC(=O)NCc2ccco2)cc1. The third-order valence-electron chi connectivity index (χ3n) is 4.80. The average Bonchev–Trinajstić information content (AvgIpc) is 3.32. The Morgan fingerprint density at radius 1 is 0.938 bits per heavy atom. The molecule has 4 amide bonds. The Hall–Kier alpha value is -4.27. The molecule has 0 aliphatic carbocycles. The standard InChI is InChI=1S/C23H22N4O5/c28-21(11-12-27-19-5-1-2-6-20(19)32-15-22(27)29)25-16-7-9-17(10-8-16)26-23(30)24-14-18-4-3-13-31-18/h1-10,13H,11-12,14-15H2,(H,25,28)(H2,24,26,30). The minimum atomic E-state index is -0.367. The Labute approximate surface area is 184 Å². The van der Waals surface area contributed by atoms with Gasteiger partial charge in [-0.05, 0) is 48.5 Å². The van der Waals surface area contributed by atoms with Crippen molar-refractivity contribution in [3.8, 4) is 5.75 Å². The van der Waals surface area contributed by atoms with E-state index in [1.165, 1.54) is 0 Å². The van der Waals surface area contributed by atoms with E-state index in [2.05, 4.69) is 16.0 Å². The number of para-hydroxylation sites is 2. The van der Waals surface area contributed by atoms with Crippen LogP contribution in [0.1, 0.15) is 12.2 Å². The molecule has 1 aliphatic rings. The summed E-state index contributed by atoms with van der Waals surface area (Å²) in [5.74, 6) is 0.875. The van der Waals surface area contributed by atoms with Gasteiger partial charge < -0.3 is 30.0 Å². The van der Waals surface area contributed by atoms with E-state index >= 15 is 0 Å². The molecule has 0 atom stereocenters. The molecule has 9 heteroatoms. The number of carbonyl (C=O) groups excluding carboxylic acids is 3. The number of nitrogens with one attached hydrogen (secondary N) is 3. The molecule has 3 aromatic rings. The summed E-state index contributed by atoms with van der Waals surface area (Å²) >= 11 is 0. The van der Waals surface area contributed by atoms with Gasteiger partial charge in [0.15, 0.2) is 6.61 Å². The lowest BCUT2D eigenvalue weighted by atomic mass is 10.2.